The molecule has 0 aliphatic carbocycles. The maximum absolute atomic E-state index is 3.76. The molecule has 3 heteroatoms. The molecule has 21 heavy (non-hydrogen) atoms. The lowest BCUT2D eigenvalue weighted by Gasteiger charge is -2.43. The van der Waals surface area contributed by atoms with E-state index in [1.54, 1.807) is 0 Å². The molecule has 1 aliphatic rings. The number of rotatable bonds is 6. The zero-order valence-electron chi connectivity index (χ0n) is 13.6. The fourth-order valence-corrected chi connectivity index (χ4v) is 3.71. The second kappa shape index (κ2) is 8.30. The Balaban J connectivity index is 2.11. The SMILES string of the molecule is CCCC1CN(Cc2ccccc2Br)C(C(C)CC)CN1. The van der Waals surface area contributed by atoms with Crippen LogP contribution in [0.2, 0.25) is 0 Å². The molecule has 118 valence electrons. The maximum atomic E-state index is 3.76. The number of nitrogens with one attached hydrogen (secondary N) is 1. The molecule has 0 saturated carbocycles. The van der Waals surface area contributed by atoms with E-state index in [1.165, 1.54) is 35.8 Å². The molecule has 1 aromatic rings. The zero-order valence-corrected chi connectivity index (χ0v) is 15.2. The minimum Gasteiger partial charge on any atom is -0.311 e. The van der Waals surface area contributed by atoms with Gasteiger partial charge < -0.3 is 5.32 Å². The van der Waals surface area contributed by atoms with Gasteiger partial charge in [0.15, 0.2) is 0 Å². The van der Waals surface area contributed by atoms with E-state index in [2.05, 4.69) is 71.2 Å². The van der Waals surface area contributed by atoms with Crippen molar-refractivity contribution in [3.8, 4) is 0 Å². The zero-order chi connectivity index (χ0) is 15.2. The summed E-state index contributed by atoms with van der Waals surface area (Å²) in [5.74, 6) is 0.738. The van der Waals surface area contributed by atoms with Gasteiger partial charge in [0.25, 0.3) is 0 Å². The van der Waals surface area contributed by atoms with E-state index in [9.17, 15) is 0 Å². The van der Waals surface area contributed by atoms with Crippen LogP contribution in [-0.4, -0.2) is 30.1 Å². The lowest BCUT2D eigenvalue weighted by molar-refractivity contribution is 0.0816. The van der Waals surface area contributed by atoms with Crippen molar-refractivity contribution in [3.05, 3.63) is 34.3 Å². The van der Waals surface area contributed by atoms with E-state index in [4.69, 9.17) is 0 Å². The summed E-state index contributed by atoms with van der Waals surface area (Å²) >= 11 is 3.70. The van der Waals surface area contributed by atoms with E-state index in [-0.39, 0.29) is 0 Å². The van der Waals surface area contributed by atoms with Gasteiger partial charge in [0.1, 0.15) is 0 Å². The second-order valence-electron chi connectivity index (χ2n) is 6.37. The van der Waals surface area contributed by atoms with Crippen LogP contribution in [0.5, 0.6) is 0 Å². The molecule has 3 atom stereocenters. The summed E-state index contributed by atoms with van der Waals surface area (Å²) in [7, 11) is 0. The molecule has 1 N–H and O–H groups in total. The molecular formula is C18H29BrN2. The molecule has 0 spiro atoms. The van der Waals surface area contributed by atoms with Gasteiger partial charge in [-0.25, -0.2) is 0 Å². The largest absolute Gasteiger partial charge is 0.311 e. The Hall–Kier alpha value is -0.380. The lowest BCUT2D eigenvalue weighted by Crippen LogP contribution is -2.58. The molecule has 1 fully saturated rings. The third-order valence-corrected chi connectivity index (χ3v) is 5.58. The van der Waals surface area contributed by atoms with Gasteiger partial charge in [-0.05, 0) is 24.0 Å². The van der Waals surface area contributed by atoms with Crippen molar-refractivity contribution in [2.45, 2.75) is 58.7 Å². The van der Waals surface area contributed by atoms with Crippen LogP contribution in [0.1, 0.15) is 45.6 Å². The number of halogens is 1. The third kappa shape index (κ3) is 4.54. The fourth-order valence-electron chi connectivity index (χ4n) is 3.30. The Kier molecular flexibility index (Phi) is 6.72. The molecule has 3 unspecified atom stereocenters. The van der Waals surface area contributed by atoms with Gasteiger partial charge in [0, 0.05) is 36.2 Å². The Bertz CT molecular complexity index is 435. The fraction of sp³-hybridized carbons (Fsp3) is 0.667. The monoisotopic (exact) mass is 352 g/mol. The first-order chi connectivity index (χ1) is 10.2. The Morgan fingerprint density at radius 2 is 2.10 bits per heavy atom. The van der Waals surface area contributed by atoms with Crippen molar-refractivity contribution in [1.82, 2.24) is 10.2 Å². The number of hydrogen-bond acceptors (Lipinski definition) is 2. The Labute approximate surface area is 138 Å². The van der Waals surface area contributed by atoms with Gasteiger partial charge in [-0.15, -0.1) is 0 Å². The predicted molar refractivity (Wildman–Crippen MR) is 94.5 cm³/mol. The molecule has 1 heterocycles. The first-order valence-corrected chi connectivity index (χ1v) is 9.15. The number of hydrogen-bond donors (Lipinski definition) is 1. The minimum atomic E-state index is 0.648. The molecule has 2 rings (SSSR count). The smallest absolute Gasteiger partial charge is 0.0250 e. The van der Waals surface area contributed by atoms with Crippen molar-refractivity contribution in [2.24, 2.45) is 5.92 Å². The van der Waals surface area contributed by atoms with Crippen molar-refractivity contribution < 1.29 is 0 Å². The first-order valence-electron chi connectivity index (χ1n) is 8.36. The van der Waals surface area contributed by atoms with Gasteiger partial charge >= 0.3 is 0 Å². The number of piperazine rings is 1. The molecule has 2 nitrogen and oxygen atoms in total. The molecule has 1 aliphatic heterocycles. The van der Waals surface area contributed by atoms with Gasteiger partial charge in [-0.3, -0.25) is 4.90 Å². The maximum Gasteiger partial charge on any atom is 0.0250 e. The highest BCUT2D eigenvalue weighted by atomic mass is 79.9. The predicted octanol–water partition coefficient (Wildman–Crippen LogP) is 4.44. The average Bonchev–Trinajstić information content (AvgIpc) is 2.49. The summed E-state index contributed by atoms with van der Waals surface area (Å²) < 4.78 is 1.23. The number of benzene rings is 1. The standard InChI is InChI=1S/C18H29BrN2/c1-4-8-16-13-21(18(11-20-16)14(3)5-2)12-15-9-6-7-10-17(15)19/h6-7,9-10,14,16,18,20H,4-5,8,11-13H2,1-3H3. The van der Waals surface area contributed by atoms with Crippen LogP contribution in [-0.2, 0) is 6.54 Å². The quantitative estimate of drug-likeness (QED) is 0.814. The van der Waals surface area contributed by atoms with Crippen LogP contribution in [0.4, 0.5) is 0 Å². The van der Waals surface area contributed by atoms with Crippen LogP contribution in [0.15, 0.2) is 28.7 Å². The summed E-state index contributed by atoms with van der Waals surface area (Å²) in [5.41, 5.74) is 1.41. The third-order valence-electron chi connectivity index (χ3n) is 4.81. The van der Waals surface area contributed by atoms with Crippen LogP contribution in [0, 0.1) is 5.92 Å². The lowest BCUT2D eigenvalue weighted by atomic mass is 9.93. The van der Waals surface area contributed by atoms with Gasteiger partial charge in [-0.2, -0.15) is 0 Å². The van der Waals surface area contributed by atoms with Gasteiger partial charge in [0.2, 0.25) is 0 Å². The molecule has 0 radical (unpaired) electrons. The van der Waals surface area contributed by atoms with E-state index < -0.39 is 0 Å². The molecule has 0 aromatic heterocycles. The van der Waals surface area contributed by atoms with E-state index in [1.807, 2.05) is 0 Å². The van der Waals surface area contributed by atoms with E-state index >= 15 is 0 Å². The summed E-state index contributed by atoms with van der Waals surface area (Å²) in [6.07, 6.45) is 3.78. The Morgan fingerprint density at radius 3 is 2.76 bits per heavy atom. The van der Waals surface area contributed by atoms with E-state index in [0.717, 1.165) is 19.0 Å². The van der Waals surface area contributed by atoms with Crippen molar-refractivity contribution in [3.63, 3.8) is 0 Å². The number of nitrogens with zero attached hydrogens (tertiary/aromatic N) is 1. The van der Waals surface area contributed by atoms with Crippen LogP contribution in [0.25, 0.3) is 0 Å². The molecule has 0 amide bonds. The average molecular weight is 353 g/mol. The van der Waals surface area contributed by atoms with E-state index in [0.29, 0.717) is 12.1 Å². The van der Waals surface area contributed by atoms with Gasteiger partial charge in [0.05, 0.1) is 0 Å². The van der Waals surface area contributed by atoms with Crippen molar-refractivity contribution in [2.75, 3.05) is 13.1 Å². The first kappa shape index (κ1) is 17.0. The highest BCUT2D eigenvalue weighted by Crippen LogP contribution is 2.24. The van der Waals surface area contributed by atoms with Crippen LogP contribution < -0.4 is 5.32 Å². The summed E-state index contributed by atoms with van der Waals surface area (Å²) in [6.45, 7) is 10.3. The van der Waals surface area contributed by atoms with Crippen LogP contribution >= 0.6 is 15.9 Å². The van der Waals surface area contributed by atoms with Crippen LogP contribution in [0.3, 0.4) is 0 Å². The molecule has 1 saturated heterocycles. The van der Waals surface area contributed by atoms with Crippen molar-refractivity contribution in [1.29, 1.82) is 0 Å². The normalized spacial score (nSPS) is 25.0. The molecular weight excluding hydrogens is 324 g/mol. The highest BCUT2D eigenvalue weighted by Gasteiger charge is 2.30. The molecule has 0 bridgehead atoms. The second-order valence-corrected chi connectivity index (χ2v) is 7.22. The minimum absolute atomic E-state index is 0.648. The molecule has 1 aromatic carbocycles. The summed E-state index contributed by atoms with van der Waals surface area (Å²) in [6, 6.07) is 9.93. The van der Waals surface area contributed by atoms with Crippen molar-refractivity contribution >= 4 is 15.9 Å². The summed E-state index contributed by atoms with van der Waals surface area (Å²) in [5, 5.41) is 3.76. The Morgan fingerprint density at radius 1 is 1.33 bits per heavy atom. The van der Waals surface area contributed by atoms with Gasteiger partial charge in [-0.1, -0.05) is 67.7 Å². The summed E-state index contributed by atoms with van der Waals surface area (Å²) in [4.78, 5) is 2.70. The topological polar surface area (TPSA) is 15.3 Å². The highest BCUT2D eigenvalue weighted by molar-refractivity contribution is 9.10.